The third-order valence-corrected chi connectivity index (χ3v) is 3.74. The van der Waals surface area contributed by atoms with Gasteiger partial charge in [-0.05, 0) is 24.6 Å². The fourth-order valence-corrected chi connectivity index (χ4v) is 2.63. The van der Waals surface area contributed by atoms with Gasteiger partial charge in [-0.3, -0.25) is 4.79 Å². The van der Waals surface area contributed by atoms with Gasteiger partial charge in [-0.1, -0.05) is 48.5 Å². The molecule has 0 saturated carbocycles. The van der Waals surface area contributed by atoms with Gasteiger partial charge in [0.25, 0.3) is 5.56 Å². The van der Waals surface area contributed by atoms with Crippen molar-refractivity contribution < 1.29 is 9.53 Å². The Balaban J connectivity index is 2.38. The maximum absolute atomic E-state index is 13.0. The van der Waals surface area contributed by atoms with E-state index in [-0.39, 0.29) is 23.4 Å². The van der Waals surface area contributed by atoms with Crippen LogP contribution in [0.2, 0.25) is 0 Å². The topological polar surface area (TPSA) is 85.0 Å². The number of para-hydroxylation sites is 1. The number of rotatable bonds is 4. The molecule has 26 heavy (non-hydrogen) atoms. The summed E-state index contributed by atoms with van der Waals surface area (Å²) in [7, 11) is 0. The normalized spacial score (nSPS) is 10.2. The number of nitriles is 1. The summed E-state index contributed by atoms with van der Waals surface area (Å²) in [6.07, 6.45) is 0. The van der Waals surface area contributed by atoms with Crippen molar-refractivity contribution in [3.63, 3.8) is 0 Å². The Morgan fingerprint density at radius 3 is 2.31 bits per heavy atom. The molecule has 3 aromatic rings. The lowest BCUT2D eigenvalue weighted by Crippen LogP contribution is -2.30. The van der Waals surface area contributed by atoms with Crippen LogP contribution in [0.15, 0.2) is 65.5 Å². The molecule has 0 fully saturated rings. The molecule has 0 N–H and O–H groups in total. The van der Waals surface area contributed by atoms with Crippen LogP contribution in [0.5, 0.6) is 0 Å². The number of carbonyl (C=O) groups excluding carboxylic acids is 1. The highest BCUT2D eigenvalue weighted by Crippen LogP contribution is 2.25. The Morgan fingerprint density at radius 2 is 1.73 bits per heavy atom. The van der Waals surface area contributed by atoms with E-state index < -0.39 is 11.5 Å². The van der Waals surface area contributed by atoms with Gasteiger partial charge in [-0.25, -0.2) is 4.79 Å². The summed E-state index contributed by atoms with van der Waals surface area (Å²) in [5, 5.41) is 13.8. The minimum Gasteiger partial charge on any atom is -0.462 e. The predicted molar refractivity (Wildman–Crippen MR) is 95.9 cm³/mol. The first kappa shape index (κ1) is 17.1. The van der Waals surface area contributed by atoms with Crippen LogP contribution in [0.4, 0.5) is 0 Å². The molecule has 1 heterocycles. The molecule has 0 unspecified atom stereocenters. The van der Waals surface area contributed by atoms with Gasteiger partial charge in [0, 0.05) is 5.56 Å². The lowest BCUT2D eigenvalue weighted by molar-refractivity contribution is 0.0524. The molecule has 3 rings (SSSR count). The highest BCUT2D eigenvalue weighted by atomic mass is 16.5. The molecule has 0 aliphatic carbocycles. The molecule has 0 aliphatic heterocycles. The van der Waals surface area contributed by atoms with Crippen LogP contribution in [-0.2, 0) is 4.74 Å². The number of ether oxygens (including phenoxy) is 1. The first-order valence-electron chi connectivity index (χ1n) is 8.02. The van der Waals surface area contributed by atoms with Crippen LogP contribution in [0.1, 0.15) is 23.0 Å². The fourth-order valence-electron chi connectivity index (χ4n) is 2.63. The Kier molecular flexibility index (Phi) is 4.90. The van der Waals surface area contributed by atoms with E-state index >= 15 is 0 Å². The van der Waals surface area contributed by atoms with Crippen molar-refractivity contribution in [2.75, 3.05) is 6.61 Å². The van der Waals surface area contributed by atoms with Crippen molar-refractivity contribution in [1.82, 2.24) is 9.78 Å². The van der Waals surface area contributed by atoms with E-state index in [0.29, 0.717) is 11.3 Å². The van der Waals surface area contributed by atoms with Gasteiger partial charge in [0.05, 0.1) is 12.3 Å². The Hall–Kier alpha value is -3.72. The van der Waals surface area contributed by atoms with Crippen LogP contribution < -0.4 is 5.56 Å². The summed E-state index contributed by atoms with van der Waals surface area (Å²) in [5.74, 6) is -0.778. The number of aromatic nitrogens is 2. The van der Waals surface area contributed by atoms with E-state index in [1.165, 1.54) is 0 Å². The van der Waals surface area contributed by atoms with E-state index in [2.05, 4.69) is 5.10 Å². The van der Waals surface area contributed by atoms with Crippen LogP contribution in [0, 0.1) is 11.3 Å². The van der Waals surface area contributed by atoms with Gasteiger partial charge >= 0.3 is 5.97 Å². The molecular weight excluding hydrogens is 330 g/mol. The summed E-state index contributed by atoms with van der Waals surface area (Å²) in [6.45, 7) is 1.77. The van der Waals surface area contributed by atoms with Gasteiger partial charge < -0.3 is 4.74 Å². The smallest absolute Gasteiger partial charge is 0.344 e. The van der Waals surface area contributed by atoms with Gasteiger partial charge in [-0.2, -0.15) is 15.0 Å². The molecule has 0 bridgehead atoms. The summed E-state index contributed by atoms with van der Waals surface area (Å²) < 4.78 is 6.12. The zero-order chi connectivity index (χ0) is 18.5. The van der Waals surface area contributed by atoms with E-state index in [1.54, 1.807) is 67.6 Å². The molecule has 0 saturated heterocycles. The van der Waals surface area contributed by atoms with Gasteiger partial charge in [-0.15, -0.1) is 0 Å². The minimum atomic E-state index is -0.778. The Labute approximate surface area is 149 Å². The predicted octanol–water partition coefficient (Wildman–Crippen LogP) is 2.95. The second kappa shape index (κ2) is 7.45. The standard InChI is InChI=1S/C20H15N3O3/c1-2-26-20(25)18-17(14-9-5-3-6-10-14)16(13-21)22-23(19(18)24)15-11-7-4-8-12-15/h3-12H,2H2,1H3. The average Bonchev–Trinajstić information content (AvgIpc) is 2.69. The molecular formula is C20H15N3O3. The zero-order valence-electron chi connectivity index (χ0n) is 14.0. The minimum absolute atomic E-state index is 0.0253. The van der Waals surface area contributed by atoms with E-state index in [0.717, 1.165) is 4.68 Å². The quantitative estimate of drug-likeness (QED) is 0.679. The number of nitrogens with zero attached hydrogens (tertiary/aromatic N) is 3. The average molecular weight is 345 g/mol. The highest BCUT2D eigenvalue weighted by Gasteiger charge is 2.25. The number of hydrogen-bond donors (Lipinski definition) is 0. The third kappa shape index (κ3) is 3.10. The lowest BCUT2D eigenvalue weighted by Gasteiger charge is -2.13. The largest absolute Gasteiger partial charge is 0.462 e. The van der Waals surface area contributed by atoms with E-state index in [9.17, 15) is 14.9 Å². The summed E-state index contributed by atoms with van der Waals surface area (Å²) in [4.78, 5) is 25.6. The first-order chi connectivity index (χ1) is 12.7. The number of esters is 1. The number of carbonyl (C=O) groups is 1. The third-order valence-electron chi connectivity index (χ3n) is 3.74. The molecule has 0 spiro atoms. The SMILES string of the molecule is CCOC(=O)c1c(-c2ccccc2)c(C#N)nn(-c2ccccc2)c1=O. The van der Waals surface area contributed by atoms with Gasteiger partial charge in [0.15, 0.2) is 5.69 Å². The maximum atomic E-state index is 13.0. The number of hydrogen-bond acceptors (Lipinski definition) is 5. The molecule has 2 aromatic carbocycles. The number of benzene rings is 2. The highest BCUT2D eigenvalue weighted by molar-refractivity contribution is 5.98. The first-order valence-corrected chi connectivity index (χ1v) is 8.02. The second-order valence-corrected chi connectivity index (χ2v) is 5.35. The molecule has 6 heteroatoms. The molecule has 0 radical (unpaired) electrons. The molecule has 0 aliphatic rings. The molecule has 0 atom stereocenters. The molecule has 128 valence electrons. The van der Waals surface area contributed by atoms with Crippen LogP contribution in [0.25, 0.3) is 16.8 Å². The molecule has 6 nitrogen and oxygen atoms in total. The Morgan fingerprint density at radius 1 is 1.12 bits per heavy atom. The second-order valence-electron chi connectivity index (χ2n) is 5.35. The van der Waals surface area contributed by atoms with Crippen molar-refractivity contribution in [2.45, 2.75) is 6.92 Å². The van der Waals surface area contributed by atoms with Gasteiger partial charge in [0.1, 0.15) is 11.6 Å². The lowest BCUT2D eigenvalue weighted by atomic mass is 9.99. The van der Waals surface area contributed by atoms with Crippen molar-refractivity contribution in [3.05, 3.63) is 82.3 Å². The molecule has 0 amide bonds. The van der Waals surface area contributed by atoms with Crippen LogP contribution >= 0.6 is 0 Å². The van der Waals surface area contributed by atoms with E-state index in [1.807, 2.05) is 6.07 Å². The summed E-state index contributed by atoms with van der Waals surface area (Å²) in [6, 6.07) is 19.4. The van der Waals surface area contributed by atoms with Crippen molar-refractivity contribution in [2.24, 2.45) is 0 Å². The monoisotopic (exact) mass is 345 g/mol. The van der Waals surface area contributed by atoms with Gasteiger partial charge in [0.2, 0.25) is 0 Å². The van der Waals surface area contributed by atoms with Crippen LogP contribution in [0.3, 0.4) is 0 Å². The molecule has 1 aromatic heterocycles. The van der Waals surface area contributed by atoms with E-state index in [4.69, 9.17) is 4.74 Å². The van der Waals surface area contributed by atoms with Crippen molar-refractivity contribution >= 4 is 5.97 Å². The zero-order valence-corrected chi connectivity index (χ0v) is 14.0. The Bertz CT molecular complexity index is 1040. The summed E-state index contributed by atoms with van der Waals surface area (Å²) >= 11 is 0. The van der Waals surface area contributed by atoms with Crippen molar-refractivity contribution in [3.8, 4) is 22.9 Å². The van der Waals surface area contributed by atoms with Crippen molar-refractivity contribution in [1.29, 1.82) is 5.26 Å². The fraction of sp³-hybridized carbons (Fsp3) is 0.100. The maximum Gasteiger partial charge on any atom is 0.344 e. The van der Waals surface area contributed by atoms with Crippen LogP contribution in [-0.4, -0.2) is 22.4 Å². The summed E-state index contributed by atoms with van der Waals surface area (Å²) in [5.41, 5.74) is 0.337.